The molecule has 1 aromatic heterocycles. The van der Waals surface area contributed by atoms with Crippen molar-refractivity contribution in [2.24, 2.45) is 16.6 Å². The zero-order valence-corrected chi connectivity index (χ0v) is 21.0. The van der Waals surface area contributed by atoms with E-state index in [2.05, 4.69) is 31.6 Å². The van der Waals surface area contributed by atoms with Gasteiger partial charge in [-0.15, -0.1) is 24.0 Å². The van der Waals surface area contributed by atoms with E-state index in [1.54, 1.807) is 13.2 Å². The highest BCUT2D eigenvalue weighted by Crippen LogP contribution is 2.24. The van der Waals surface area contributed by atoms with Crippen LogP contribution in [0.3, 0.4) is 0 Å². The van der Waals surface area contributed by atoms with Crippen LogP contribution < -0.4 is 26.0 Å². The third kappa shape index (κ3) is 6.98. The van der Waals surface area contributed by atoms with Gasteiger partial charge in [0, 0.05) is 56.5 Å². The molecule has 8 nitrogen and oxygen atoms in total. The van der Waals surface area contributed by atoms with Gasteiger partial charge in [-0.3, -0.25) is 9.79 Å². The van der Waals surface area contributed by atoms with Crippen LogP contribution in [-0.4, -0.2) is 43.6 Å². The number of rotatable bonds is 8. The average molecular weight is 552 g/mol. The van der Waals surface area contributed by atoms with Gasteiger partial charge in [-0.25, -0.2) is 4.98 Å². The number of primary amides is 1. The minimum Gasteiger partial charge on any atom is -0.494 e. The van der Waals surface area contributed by atoms with Crippen LogP contribution in [0.4, 0.5) is 5.82 Å². The molecule has 4 N–H and O–H groups in total. The fraction of sp³-hybridized carbons (Fsp3) is 0.435. The Morgan fingerprint density at radius 3 is 2.47 bits per heavy atom. The maximum atomic E-state index is 11.4. The summed E-state index contributed by atoms with van der Waals surface area (Å²) in [5.74, 6) is 2.28. The number of piperidine rings is 1. The Kier molecular flexibility index (Phi) is 10.5. The second kappa shape index (κ2) is 13.1. The van der Waals surface area contributed by atoms with Crippen LogP contribution in [0.5, 0.6) is 5.75 Å². The summed E-state index contributed by atoms with van der Waals surface area (Å²) in [4.78, 5) is 22.6. The first-order valence-electron chi connectivity index (χ1n) is 10.8. The molecule has 3 rings (SSSR count). The van der Waals surface area contributed by atoms with Gasteiger partial charge in [-0.1, -0.05) is 24.3 Å². The number of carbonyl (C=O) groups is 1. The van der Waals surface area contributed by atoms with Gasteiger partial charge in [-0.2, -0.15) is 0 Å². The Labute approximate surface area is 207 Å². The number of halogens is 1. The number of anilines is 1. The summed E-state index contributed by atoms with van der Waals surface area (Å²) < 4.78 is 5.69. The van der Waals surface area contributed by atoms with Crippen molar-refractivity contribution >= 4 is 41.7 Å². The molecule has 0 bridgehead atoms. The summed E-state index contributed by atoms with van der Waals surface area (Å²) in [5.41, 5.74) is 7.62. The molecule has 0 aliphatic carbocycles. The summed E-state index contributed by atoms with van der Waals surface area (Å²) in [6.07, 6.45) is 3.33. The highest BCUT2D eigenvalue weighted by Gasteiger charge is 2.24. The van der Waals surface area contributed by atoms with Gasteiger partial charge >= 0.3 is 0 Å². The SMILES string of the molecule is CCOc1ccccc1CNC(=NC)NCc1cccnc1N1CCC(C(N)=O)CC1.I. The number of carbonyl (C=O) groups excluding carboxylic acids is 1. The number of aliphatic imine (C=N–C) groups is 1. The molecule has 174 valence electrons. The van der Waals surface area contributed by atoms with Crippen molar-refractivity contribution in [3.63, 3.8) is 0 Å². The van der Waals surface area contributed by atoms with E-state index in [9.17, 15) is 4.79 Å². The van der Waals surface area contributed by atoms with Crippen LogP contribution in [0, 0.1) is 5.92 Å². The second-order valence-corrected chi connectivity index (χ2v) is 7.47. The normalized spacial score (nSPS) is 14.4. The fourth-order valence-corrected chi connectivity index (χ4v) is 3.75. The minimum atomic E-state index is -0.205. The van der Waals surface area contributed by atoms with Crippen LogP contribution in [0.2, 0.25) is 0 Å². The van der Waals surface area contributed by atoms with Crippen molar-refractivity contribution < 1.29 is 9.53 Å². The molecule has 9 heteroatoms. The van der Waals surface area contributed by atoms with Crippen molar-refractivity contribution in [3.8, 4) is 5.75 Å². The number of amides is 1. The topological polar surface area (TPSA) is 105 Å². The molecule has 0 atom stereocenters. The Balaban J connectivity index is 0.00000363. The summed E-state index contributed by atoms with van der Waals surface area (Å²) in [6, 6.07) is 12.0. The Hall–Kier alpha value is -2.56. The zero-order valence-electron chi connectivity index (χ0n) is 18.7. The number of pyridine rings is 1. The Morgan fingerprint density at radius 1 is 1.16 bits per heavy atom. The van der Waals surface area contributed by atoms with Crippen LogP contribution in [0.15, 0.2) is 47.6 Å². The van der Waals surface area contributed by atoms with E-state index in [0.717, 1.165) is 48.6 Å². The number of nitrogens with zero attached hydrogens (tertiary/aromatic N) is 3. The molecule has 1 aliphatic rings. The van der Waals surface area contributed by atoms with E-state index in [-0.39, 0.29) is 35.8 Å². The fourth-order valence-electron chi connectivity index (χ4n) is 3.75. The maximum absolute atomic E-state index is 11.4. The van der Waals surface area contributed by atoms with Gasteiger partial charge in [0.25, 0.3) is 0 Å². The van der Waals surface area contributed by atoms with E-state index in [0.29, 0.717) is 25.7 Å². The first-order chi connectivity index (χ1) is 15.1. The lowest BCUT2D eigenvalue weighted by atomic mass is 9.96. The molecule has 0 unspecified atom stereocenters. The van der Waals surface area contributed by atoms with E-state index in [4.69, 9.17) is 10.5 Å². The largest absolute Gasteiger partial charge is 0.494 e. The van der Waals surface area contributed by atoms with Crippen LogP contribution in [0.1, 0.15) is 30.9 Å². The number of hydrogen-bond donors (Lipinski definition) is 3. The number of para-hydroxylation sites is 1. The highest BCUT2D eigenvalue weighted by atomic mass is 127. The lowest BCUT2D eigenvalue weighted by molar-refractivity contribution is -0.122. The number of benzene rings is 1. The molecule has 1 aliphatic heterocycles. The van der Waals surface area contributed by atoms with Gasteiger partial charge in [0.2, 0.25) is 5.91 Å². The molecule has 1 fully saturated rings. The lowest BCUT2D eigenvalue weighted by Crippen LogP contribution is -2.40. The van der Waals surface area contributed by atoms with Gasteiger partial charge in [0.05, 0.1) is 6.61 Å². The molecule has 2 aromatic rings. The van der Waals surface area contributed by atoms with Crippen molar-refractivity contribution in [1.82, 2.24) is 15.6 Å². The lowest BCUT2D eigenvalue weighted by Gasteiger charge is -2.32. The number of nitrogens with one attached hydrogen (secondary N) is 2. The molecule has 1 aromatic carbocycles. The monoisotopic (exact) mass is 552 g/mol. The highest BCUT2D eigenvalue weighted by molar-refractivity contribution is 14.0. The third-order valence-electron chi connectivity index (χ3n) is 5.45. The molecule has 32 heavy (non-hydrogen) atoms. The number of aromatic nitrogens is 1. The first kappa shape index (κ1) is 25.7. The molecule has 2 heterocycles. The van der Waals surface area contributed by atoms with Crippen molar-refractivity contribution in [2.45, 2.75) is 32.9 Å². The quantitative estimate of drug-likeness (QED) is 0.264. The molecule has 0 radical (unpaired) electrons. The van der Waals surface area contributed by atoms with E-state index in [1.165, 1.54) is 0 Å². The first-order valence-corrected chi connectivity index (χ1v) is 10.8. The predicted octanol–water partition coefficient (Wildman–Crippen LogP) is 2.67. The van der Waals surface area contributed by atoms with Crippen molar-refractivity contribution in [2.75, 3.05) is 31.6 Å². The molecule has 0 spiro atoms. The van der Waals surface area contributed by atoms with Gasteiger partial charge in [0.1, 0.15) is 11.6 Å². The smallest absolute Gasteiger partial charge is 0.220 e. The second-order valence-electron chi connectivity index (χ2n) is 7.47. The van der Waals surface area contributed by atoms with E-state index in [1.807, 2.05) is 37.3 Å². The minimum absolute atomic E-state index is 0. The summed E-state index contributed by atoms with van der Waals surface area (Å²) in [5, 5.41) is 6.72. The Bertz CT molecular complexity index is 900. The summed E-state index contributed by atoms with van der Waals surface area (Å²) in [7, 11) is 1.75. The van der Waals surface area contributed by atoms with Crippen molar-refractivity contribution in [1.29, 1.82) is 0 Å². The average Bonchev–Trinajstić information content (AvgIpc) is 2.80. The molecule has 0 saturated carbocycles. The summed E-state index contributed by atoms with van der Waals surface area (Å²) in [6.45, 7) is 5.36. The number of hydrogen-bond acceptors (Lipinski definition) is 5. The zero-order chi connectivity index (χ0) is 22.1. The molecule has 1 saturated heterocycles. The predicted molar refractivity (Wildman–Crippen MR) is 138 cm³/mol. The number of ether oxygens (including phenoxy) is 1. The van der Waals surface area contributed by atoms with E-state index < -0.39 is 0 Å². The Morgan fingerprint density at radius 2 is 1.81 bits per heavy atom. The summed E-state index contributed by atoms with van der Waals surface area (Å²) >= 11 is 0. The van der Waals surface area contributed by atoms with Gasteiger partial charge in [0.15, 0.2) is 5.96 Å². The van der Waals surface area contributed by atoms with Crippen LogP contribution in [-0.2, 0) is 17.9 Å². The van der Waals surface area contributed by atoms with Gasteiger partial charge < -0.3 is 26.0 Å². The van der Waals surface area contributed by atoms with Crippen LogP contribution >= 0.6 is 24.0 Å². The third-order valence-corrected chi connectivity index (χ3v) is 5.45. The van der Waals surface area contributed by atoms with Crippen LogP contribution in [0.25, 0.3) is 0 Å². The molecule has 1 amide bonds. The van der Waals surface area contributed by atoms with Gasteiger partial charge in [-0.05, 0) is 31.9 Å². The molecular weight excluding hydrogens is 519 g/mol. The molecular formula is C23H33IN6O2. The van der Waals surface area contributed by atoms with Crippen molar-refractivity contribution in [3.05, 3.63) is 53.7 Å². The number of guanidine groups is 1. The number of nitrogens with two attached hydrogens (primary N) is 1. The van der Waals surface area contributed by atoms with E-state index >= 15 is 0 Å². The standard InChI is InChI=1S/C23H32N6O2.HI/c1-3-31-20-9-5-4-7-18(20)15-27-23(25-2)28-16-19-8-6-12-26-22(19)29-13-10-17(11-14-29)21(24)30;/h4-9,12,17H,3,10-11,13-16H2,1-2H3,(H2,24,30)(H2,25,27,28);1H. The maximum Gasteiger partial charge on any atom is 0.220 e.